The van der Waals surface area contributed by atoms with Crippen molar-refractivity contribution < 1.29 is 9.59 Å². The van der Waals surface area contributed by atoms with Gasteiger partial charge >= 0.3 is 0 Å². The van der Waals surface area contributed by atoms with Crippen molar-refractivity contribution in [3.05, 3.63) is 0 Å². The molecule has 0 rings (SSSR count). The van der Waals surface area contributed by atoms with E-state index in [-0.39, 0.29) is 0 Å². The minimum atomic E-state index is 0.337. The second-order valence-corrected chi connectivity index (χ2v) is 6.17. The van der Waals surface area contributed by atoms with Gasteiger partial charge in [-0.3, -0.25) is 9.59 Å². The van der Waals surface area contributed by atoms with Gasteiger partial charge in [0.2, 0.25) is 0 Å². The smallest absolute Gasteiger partial charge is 0.146 e. The fourth-order valence-corrected chi connectivity index (χ4v) is 2.21. The number of hydrogen-bond donors (Lipinski definition) is 0. The Kier molecular flexibility index (Phi) is 11.6. The molecule has 0 aromatic carbocycles. The highest BCUT2D eigenvalue weighted by atomic mass is 16.1. The normalized spacial score (nSPS) is 11.3. The molecule has 0 aromatic rings. The van der Waals surface area contributed by atoms with Crippen molar-refractivity contribution in [3.63, 3.8) is 0 Å². The molecule has 4 nitrogen and oxygen atoms in total. The van der Waals surface area contributed by atoms with Gasteiger partial charge in [-0.2, -0.15) is 0 Å². The molecule has 0 aliphatic rings. The van der Waals surface area contributed by atoms with Crippen LogP contribution in [0.15, 0.2) is 0 Å². The molecule has 0 aliphatic carbocycles. The number of carbonyl (C=O) groups is 2. The van der Waals surface area contributed by atoms with Crippen molar-refractivity contribution >= 4 is 11.6 Å². The average Bonchev–Trinajstić information content (AvgIpc) is 2.30. The van der Waals surface area contributed by atoms with E-state index in [1.165, 1.54) is 12.8 Å². The first-order valence-electron chi connectivity index (χ1n) is 7.74. The van der Waals surface area contributed by atoms with Crippen LogP contribution in [0.25, 0.3) is 0 Å². The van der Waals surface area contributed by atoms with Gasteiger partial charge in [-0.25, -0.2) is 0 Å². The third-order valence-electron chi connectivity index (χ3n) is 3.15. The number of rotatable bonds is 13. The lowest BCUT2D eigenvalue weighted by Gasteiger charge is -2.08. The fourth-order valence-electron chi connectivity index (χ4n) is 2.21. The maximum atomic E-state index is 11.5. The van der Waals surface area contributed by atoms with Crippen LogP contribution in [0.3, 0.4) is 0 Å². The average molecular weight is 284 g/mol. The van der Waals surface area contributed by atoms with E-state index in [1.54, 1.807) is 0 Å². The minimum Gasteiger partial charge on any atom is -0.302 e. The second kappa shape index (κ2) is 12.0. The molecule has 0 amide bonds. The summed E-state index contributed by atoms with van der Waals surface area (Å²) in [5.41, 5.74) is 0. The summed E-state index contributed by atoms with van der Waals surface area (Å²) in [5, 5.41) is 0. The molecule has 0 radical (unpaired) electrons. The molecule has 0 atom stereocenters. The monoisotopic (exact) mass is 284 g/mol. The van der Waals surface area contributed by atoms with E-state index >= 15 is 0 Å². The Morgan fingerprint density at radius 1 is 0.600 bits per heavy atom. The molecule has 0 spiro atoms. The van der Waals surface area contributed by atoms with E-state index in [9.17, 15) is 9.59 Å². The van der Waals surface area contributed by atoms with Gasteiger partial charge in [0.1, 0.15) is 11.6 Å². The summed E-state index contributed by atoms with van der Waals surface area (Å²) in [7, 11) is 7.70. The van der Waals surface area contributed by atoms with Crippen molar-refractivity contribution in [1.82, 2.24) is 9.80 Å². The van der Waals surface area contributed by atoms with E-state index < -0.39 is 0 Å². The molecule has 0 saturated heterocycles. The summed E-state index contributed by atoms with van der Waals surface area (Å²) in [4.78, 5) is 26.8. The van der Waals surface area contributed by atoms with Crippen LogP contribution in [0, 0.1) is 0 Å². The highest BCUT2D eigenvalue weighted by Gasteiger charge is 2.04. The molecule has 20 heavy (non-hydrogen) atoms. The Bertz CT molecular complexity index is 248. The van der Waals surface area contributed by atoms with Crippen molar-refractivity contribution in [2.24, 2.45) is 0 Å². The first kappa shape index (κ1) is 19.3. The number of unbranched alkanes of at least 4 members (excludes halogenated alkanes) is 5. The van der Waals surface area contributed by atoms with Gasteiger partial charge in [-0.15, -0.1) is 0 Å². The van der Waals surface area contributed by atoms with Gasteiger partial charge in [0.25, 0.3) is 0 Å². The SMILES string of the molecule is CN(C)CC(=O)CCCCCCCCC(=O)CN(C)C. The van der Waals surface area contributed by atoms with Crippen molar-refractivity contribution in [3.8, 4) is 0 Å². The van der Waals surface area contributed by atoms with Crippen molar-refractivity contribution in [2.45, 2.75) is 51.4 Å². The molecule has 0 fully saturated rings. The van der Waals surface area contributed by atoms with Gasteiger partial charge in [-0.1, -0.05) is 25.7 Å². The summed E-state index contributed by atoms with van der Waals surface area (Å²) in [6.45, 7) is 1.13. The van der Waals surface area contributed by atoms with E-state index in [2.05, 4.69) is 0 Å². The Hall–Kier alpha value is -0.740. The Morgan fingerprint density at radius 3 is 1.20 bits per heavy atom. The van der Waals surface area contributed by atoms with Gasteiger partial charge in [0.15, 0.2) is 0 Å². The molecule has 0 saturated carbocycles. The zero-order valence-electron chi connectivity index (χ0n) is 13.8. The zero-order valence-corrected chi connectivity index (χ0v) is 13.8. The minimum absolute atomic E-state index is 0.337. The van der Waals surface area contributed by atoms with Gasteiger partial charge in [0, 0.05) is 12.8 Å². The summed E-state index contributed by atoms with van der Waals surface area (Å²) < 4.78 is 0. The lowest BCUT2D eigenvalue weighted by Crippen LogP contribution is -2.21. The second-order valence-electron chi connectivity index (χ2n) is 6.17. The van der Waals surface area contributed by atoms with E-state index in [0.29, 0.717) is 37.5 Å². The van der Waals surface area contributed by atoms with E-state index in [0.717, 1.165) is 25.7 Å². The molecule has 118 valence electrons. The Morgan fingerprint density at radius 2 is 0.900 bits per heavy atom. The topological polar surface area (TPSA) is 40.6 Å². The van der Waals surface area contributed by atoms with Crippen LogP contribution in [0.2, 0.25) is 0 Å². The maximum absolute atomic E-state index is 11.5. The number of ketones is 2. The molecule has 0 aliphatic heterocycles. The number of nitrogens with zero attached hydrogens (tertiary/aromatic N) is 2. The molecule has 4 heteroatoms. The van der Waals surface area contributed by atoms with Crippen LogP contribution >= 0.6 is 0 Å². The summed E-state index contributed by atoms with van der Waals surface area (Å²) in [6.07, 6.45) is 8.04. The fraction of sp³-hybridized carbons (Fsp3) is 0.875. The zero-order chi connectivity index (χ0) is 15.4. The number of carbonyl (C=O) groups excluding carboxylic acids is 2. The number of likely N-dealkylation sites (N-methyl/N-ethyl adjacent to an activating group) is 2. The highest BCUT2D eigenvalue weighted by Crippen LogP contribution is 2.09. The predicted molar refractivity (Wildman–Crippen MR) is 84.1 cm³/mol. The molecular weight excluding hydrogens is 252 g/mol. The lowest BCUT2D eigenvalue weighted by molar-refractivity contribution is -0.120. The van der Waals surface area contributed by atoms with Crippen LogP contribution in [0.1, 0.15) is 51.4 Å². The summed E-state index contributed by atoms with van der Waals surface area (Å²) in [5.74, 6) is 0.675. The molecular formula is C16H32N2O2. The van der Waals surface area contributed by atoms with Crippen LogP contribution in [-0.4, -0.2) is 62.6 Å². The predicted octanol–water partition coefficient (Wildman–Crippen LogP) is 2.37. The van der Waals surface area contributed by atoms with Crippen LogP contribution in [0.5, 0.6) is 0 Å². The van der Waals surface area contributed by atoms with Crippen molar-refractivity contribution in [1.29, 1.82) is 0 Å². The molecule has 0 N–H and O–H groups in total. The van der Waals surface area contributed by atoms with Gasteiger partial charge < -0.3 is 9.80 Å². The Labute approximate surface area is 124 Å². The quantitative estimate of drug-likeness (QED) is 0.487. The third-order valence-corrected chi connectivity index (χ3v) is 3.15. The molecule has 0 bridgehead atoms. The third kappa shape index (κ3) is 13.7. The Balaban J connectivity index is 3.29. The standard InChI is InChI=1S/C16H32N2O2/c1-17(2)13-15(19)11-9-7-5-6-8-10-12-16(20)14-18(3)4/h5-14H2,1-4H3. The first-order valence-corrected chi connectivity index (χ1v) is 7.74. The molecule has 0 heterocycles. The van der Waals surface area contributed by atoms with Crippen LogP contribution in [-0.2, 0) is 9.59 Å². The highest BCUT2D eigenvalue weighted by molar-refractivity contribution is 5.80. The number of Topliss-reactive ketones (excluding diaryl/α,β-unsaturated/α-hetero) is 2. The number of hydrogen-bond acceptors (Lipinski definition) is 4. The van der Waals surface area contributed by atoms with Crippen molar-refractivity contribution in [2.75, 3.05) is 41.3 Å². The van der Waals surface area contributed by atoms with E-state index in [1.807, 2.05) is 38.0 Å². The molecule has 0 aromatic heterocycles. The van der Waals surface area contributed by atoms with Gasteiger partial charge in [-0.05, 0) is 41.0 Å². The van der Waals surface area contributed by atoms with Crippen LogP contribution in [0.4, 0.5) is 0 Å². The summed E-state index contributed by atoms with van der Waals surface area (Å²) in [6, 6.07) is 0. The molecule has 0 unspecified atom stereocenters. The lowest BCUT2D eigenvalue weighted by atomic mass is 10.1. The first-order chi connectivity index (χ1) is 9.41. The van der Waals surface area contributed by atoms with Crippen LogP contribution < -0.4 is 0 Å². The maximum Gasteiger partial charge on any atom is 0.146 e. The van der Waals surface area contributed by atoms with E-state index in [4.69, 9.17) is 0 Å². The van der Waals surface area contributed by atoms with Gasteiger partial charge in [0.05, 0.1) is 13.1 Å². The summed E-state index contributed by atoms with van der Waals surface area (Å²) >= 11 is 0. The largest absolute Gasteiger partial charge is 0.302 e.